The zero-order valence-corrected chi connectivity index (χ0v) is 17.9. The second-order valence-electron chi connectivity index (χ2n) is 5.47. The number of hydrogen-bond acceptors (Lipinski definition) is 3. The van der Waals surface area contributed by atoms with Gasteiger partial charge in [0.05, 0.1) is 13.2 Å². The minimum Gasteiger partial charge on any atom is -0.494 e. The highest BCUT2D eigenvalue weighted by atomic mass is 16.5. The molecule has 0 N–H and O–H groups in total. The van der Waals surface area contributed by atoms with Crippen molar-refractivity contribution in [3.63, 3.8) is 0 Å². The fourth-order valence-corrected chi connectivity index (χ4v) is 2.17. The van der Waals surface area contributed by atoms with Crippen molar-refractivity contribution >= 4 is 5.78 Å². The molecule has 0 aliphatic heterocycles. The van der Waals surface area contributed by atoms with Crippen LogP contribution in [-0.4, -0.2) is 19.0 Å². The lowest BCUT2D eigenvalue weighted by atomic mass is 10.0. The number of rotatable bonds is 9. The van der Waals surface area contributed by atoms with E-state index in [9.17, 15) is 4.79 Å². The van der Waals surface area contributed by atoms with Gasteiger partial charge in [0.2, 0.25) is 0 Å². The smallest absolute Gasteiger partial charge is 0.167 e. The van der Waals surface area contributed by atoms with Crippen molar-refractivity contribution in [2.75, 3.05) is 13.2 Å². The zero-order chi connectivity index (χ0) is 20.5. The number of ketones is 1. The molecule has 0 aliphatic carbocycles. The minimum absolute atomic E-state index is 0.106. The summed E-state index contributed by atoms with van der Waals surface area (Å²) in [7, 11) is 0. The molecular weight excluding hydrogens is 336 g/mol. The van der Waals surface area contributed by atoms with E-state index < -0.39 is 0 Å². The highest BCUT2D eigenvalue weighted by molar-refractivity contribution is 5.97. The van der Waals surface area contributed by atoms with Gasteiger partial charge in [-0.2, -0.15) is 0 Å². The fraction of sp³-hybridized carbons (Fsp3) is 0.458. The minimum atomic E-state index is 0.106. The Morgan fingerprint density at radius 2 is 1.11 bits per heavy atom. The van der Waals surface area contributed by atoms with Crippen molar-refractivity contribution in [2.45, 2.75) is 60.8 Å². The first-order valence-corrected chi connectivity index (χ1v) is 10.2. The Morgan fingerprint density at radius 1 is 0.704 bits per heavy atom. The third kappa shape index (κ3) is 9.83. The lowest BCUT2D eigenvalue weighted by molar-refractivity contribution is 0.0993. The first-order chi connectivity index (χ1) is 13.2. The topological polar surface area (TPSA) is 35.5 Å². The van der Waals surface area contributed by atoms with Gasteiger partial charge in [0, 0.05) is 12.0 Å². The standard InChI is InChI=1S/C20H24O3.2C2H6/c1-3-13-22-18-9-5-16(6-10-18)15-20(21)17-7-11-19(12-8-17)23-14-4-2;2*1-2/h5-12H,3-4,13-15H2,1-2H3;2*1-2H3. The van der Waals surface area contributed by atoms with E-state index in [1.807, 2.05) is 76.2 Å². The molecule has 0 radical (unpaired) electrons. The molecular formula is C24H36O3. The highest BCUT2D eigenvalue weighted by Crippen LogP contribution is 2.17. The van der Waals surface area contributed by atoms with E-state index in [0.29, 0.717) is 25.2 Å². The monoisotopic (exact) mass is 372 g/mol. The van der Waals surface area contributed by atoms with E-state index in [1.165, 1.54) is 0 Å². The number of benzene rings is 2. The lowest BCUT2D eigenvalue weighted by Gasteiger charge is -2.07. The number of carbonyl (C=O) groups excluding carboxylic acids is 1. The van der Waals surface area contributed by atoms with Crippen molar-refractivity contribution in [3.8, 4) is 11.5 Å². The maximum atomic E-state index is 12.3. The largest absolute Gasteiger partial charge is 0.494 e. The van der Waals surface area contributed by atoms with Crippen molar-refractivity contribution in [2.24, 2.45) is 0 Å². The van der Waals surface area contributed by atoms with Gasteiger partial charge in [0.1, 0.15) is 11.5 Å². The summed E-state index contributed by atoms with van der Waals surface area (Å²) in [5.41, 5.74) is 1.70. The van der Waals surface area contributed by atoms with E-state index in [4.69, 9.17) is 9.47 Å². The predicted octanol–water partition coefficient (Wildman–Crippen LogP) is 6.74. The summed E-state index contributed by atoms with van der Waals surface area (Å²) in [4.78, 5) is 12.3. The number of hydrogen-bond donors (Lipinski definition) is 0. The van der Waals surface area contributed by atoms with E-state index in [-0.39, 0.29) is 5.78 Å². The van der Waals surface area contributed by atoms with Gasteiger partial charge in [-0.3, -0.25) is 4.79 Å². The van der Waals surface area contributed by atoms with Crippen LogP contribution < -0.4 is 9.47 Å². The zero-order valence-electron chi connectivity index (χ0n) is 17.9. The third-order valence-electron chi connectivity index (χ3n) is 3.41. The molecule has 0 aliphatic rings. The molecule has 3 nitrogen and oxygen atoms in total. The van der Waals surface area contributed by atoms with Crippen molar-refractivity contribution in [1.29, 1.82) is 0 Å². The third-order valence-corrected chi connectivity index (χ3v) is 3.41. The predicted molar refractivity (Wildman–Crippen MR) is 115 cm³/mol. The van der Waals surface area contributed by atoms with Crippen molar-refractivity contribution in [3.05, 3.63) is 59.7 Å². The molecule has 0 saturated carbocycles. The van der Waals surface area contributed by atoms with Crippen molar-refractivity contribution < 1.29 is 14.3 Å². The quantitative estimate of drug-likeness (QED) is 0.457. The van der Waals surface area contributed by atoms with Gasteiger partial charge in [0.15, 0.2) is 5.78 Å². The summed E-state index contributed by atoms with van der Waals surface area (Å²) in [6, 6.07) is 15.1. The molecule has 3 heteroatoms. The number of carbonyl (C=O) groups is 1. The van der Waals surface area contributed by atoms with Crippen LogP contribution in [0.1, 0.15) is 70.3 Å². The van der Waals surface area contributed by atoms with Crippen LogP contribution in [-0.2, 0) is 6.42 Å². The van der Waals surface area contributed by atoms with Crippen molar-refractivity contribution in [1.82, 2.24) is 0 Å². The summed E-state index contributed by atoms with van der Waals surface area (Å²) in [6.45, 7) is 13.5. The normalized spacial score (nSPS) is 9.26. The van der Waals surface area contributed by atoms with Crippen LogP contribution >= 0.6 is 0 Å². The molecule has 0 unspecified atom stereocenters. The molecule has 0 amide bonds. The molecule has 2 rings (SSSR count). The van der Waals surface area contributed by atoms with Gasteiger partial charge in [0.25, 0.3) is 0 Å². The Hall–Kier alpha value is -2.29. The van der Waals surface area contributed by atoms with Gasteiger partial charge in [-0.15, -0.1) is 0 Å². The summed E-state index contributed by atoms with van der Waals surface area (Å²) >= 11 is 0. The van der Waals surface area contributed by atoms with E-state index in [1.54, 1.807) is 0 Å². The number of Topliss-reactive ketones (excluding diaryl/α,β-unsaturated/α-hetero) is 1. The fourth-order valence-electron chi connectivity index (χ4n) is 2.17. The maximum Gasteiger partial charge on any atom is 0.167 e. The van der Waals surface area contributed by atoms with Gasteiger partial charge in [-0.05, 0) is 54.8 Å². The van der Waals surface area contributed by atoms with E-state index in [2.05, 4.69) is 13.8 Å². The van der Waals surface area contributed by atoms with E-state index >= 15 is 0 Å². The van der Waals surface area contributed by atoms with Crippen LogP contribution in [0.25, 0.3) is 0 Å². The molecule has 0 spiro atoms. The lowest BCUT2D eigenvalue weighted by Crippen LogP contribution is -2.04. The summed E-state index contributed by atoms with van der Waals surface area (Å²) < 4.78 is 11.1. The van der Waals surface area contributed by atoms with Crippen LogP contribution in [0.15, 0.2) is 48.5 Å². The molecule has 2 aromatic rings. The first kappa shape index (κ1) is 24.7. The van der Waals surface area contributed by atoms with Gasteiger partial charge >= 0.3 is 0 Å². The van der Waals surface area contributed by atoms with Gasteiger partial charge in [-0.1, -0.05) is 53.7 Å². The Morgan fingerprint density at radius 3 is 1.52 bits per heavy atom. The van der Waals surface area contributed by atoms with Crippen LogP contribution in [0.3, 0.4) is 0 Å². The molecule has 0 fully saturated rings. The van der Waals surface area contributed by atoms with Crippen LogP contribution in [0, 0.1) is 0 Å². The second-order valence-corrected chi connectivity index (χ2v) is 5.47. The molecule has 0 bridgehead atoms. The van der Waals surface area contributed by atoms with Crippen LogP contribution in [0.5, 0.6) is 11.5 Å². The highest BCUT2D eigenvalue weighted by Gasteiger charge is 2.07. The molecule has 0 atom stereocenters. The van der Waals surface area contributed by atoms with Crippen LogP contribution in [0.4, 0.5) is 0 Å². The summed E-state index contributed by atoms with van der Waals surface area (Å²) in [6.07, 6.45) is 2.35. The molecule has 2 aromatic carbocycles. The summed E-state index contributed by atoms with van der Waals surface area (Å²) in [5, 5.41) is 0. The van der Waals surface area contributed by atoms with Crippen LogP contribution in [0.2, 0.25) is 0 Å². The Bertz CT molecular complexity index is 601. The average molecular weight is 373 g/mol. The number of ether oxygens (including phenoxy) is 2. The first-order valence-electron chi connectivity index (χ1n) is 10.2. The van der Waals surface area contributed by atoms with Gasteiger partial charge in [-0.25, -0.2) is 0 Å². The molecule has 0 saturated heterocycles. The molecule has 27 heavy (non-hydrogen) atoms. The SMILES string of the molecule is CC.CC.CCCOc1ccc(CC(=O)c2ccc(OCCC)cc2)cc1. The van der Waals surface area contributed by atoms with Gasteiger partial charge < -0.3 is 9.47 Å². The maximum absolute atomic E-state index is 12.3. The van der Waals surface area contributed by atoms with E-state index in [0.717, 1.165) is 29.9 Å². The molecule has 0 heterocycles. The molecule has 150 valence electrons. The second kappa shape index (κ2) is 15.9. The Labute approximate surface area is 165 Å². The summed E-state index contributed by atoms with van der Waals surface area (Å²) in [5.74, 6) is 1.76. The molecule has 0 aromatic heterocycles. The average Bonchev–Trinajstić information content (AvgIpc) is 2.75. The Kier molecular flexibility index (Phi) is 14.6. The Balaban J connectivity index is 0.00000158.